The molecule has 1 heterocycles. The van der Waals surface area contributed by atoms with E-state index < -0.39 is 0 Å². The van der Waals surface area contributed by atoms with Gasteiger partial charge in [-0.15, -0.1) is 0 Å². The molecule has 0 saturated carbocycles. The molecule has 1 rings (SSSR count). The molecule has 0 aromatic carbocycles. The molecule has 0 spiro atoms. The van der Waals surface area contributed by atoms with E-state index in [9.17, 15) is 0 Å². The summed E-state index contributed by atoms with van der Waals surface area (Å²) in [5.41, 5.74) is 1.06. The van der Waals surface area contributed by atoms with E-state index in [0.29, 0.717) is 0 Å². The van der Waals surface area contributed by atoms with E-state index in [1.54, 1.807) is 0 Å². The lowest BCUT2D eigenvalue weighted by Gasteiger charge is -1.82. The maximum atomic E-state index is 4.85. The standard InChI is InChI=1S/C6H8INO/c1-2-3-5-4-6(7)9-8-5/h4H,2-3H2,1H3. The van der Waals surface area contributed by atoms with Crippen LogP contribution in [0.3, 0.4) is 0 Å². The highest BCUT2D eigenvalue weighted by atomic mass is 127. The van der Waals surface area contributed by atoms with Crippen molar-refractivity contribution in [2.24, 2.45) is 0 Å². The number of hydrogen-bond donors (Lipinski definition) is 0. The minimum absolute atomic E-state index is 0.871. The van der Waals surface area contributed by atoms with Crippen LogP contribution in [0, 0.1) is 3.77 Å². The number of hydrogen-bond acceptors (Lipinski definition) is 2. The van der Waals surface area contributed by atoms with Gasteiger partial charge in [0.1, 0.15) is 0 Å². The lowest BCUT2D eigenvalue weighted by atomic mass is 10.3. The first-order valence-electron chi connectivity index (χ1n) is 2.94. The van der Waals surface area contributed by atoms with E-state index in [-0.39, 0.29) is 0 Å². The van der Waals surface area contributed by atoms with Gasteiger partial charge in [0.2, 0.25) is 0 Å². The van der Waals surface area contributed by atoms with Crippen LogP contribution < -0.4 is 0 Å². The van der Waals surface area contributed by atoms with Crippen LogP contribution in [0.15, 0.2) is 10.6 Å². The molecule has 0 fully saturated rings. The smallest absolute Gasteiger partial charge is 0.196 e. The molecule has 3 heteroatoms. The van der Waals surface area contributed by atoms with Crippen molar-refractivity contribution in [3.63, 3.8) is 0 Å². The van der Waals surface area contributed by atoms with Gasteiger partial charge in [-0.25, -0.2) is 0 Å². The molecule has 9 heavy (non-hydrogen) atoms. The molecule has 0 saturated heterocycles. The van der Waals surface area contributed by atoms with Gasteiger partial charge in [-0.3, -0.25) is 0 Å². The van der Waals surface area contributed by atoms with Gasteiger partial charge in [-0.2, -0.15) is 0 Å². The molecule has 1 aromatic rings. The Morgan fingerprint density at radius 3 is 3.00 bits per heavy atom. The predicted molar refractivity (Wildman–Crippen MR) is 43.2 cm³/mol. The summed E-state index contributed by atoms with van der Waals surface area (Å²) < 4.78 is 5.73. The van der Waals surface area contributed by atoms with E-state index in [1.165, 1.54) is 0 Å². The van der Waals surface area contributed by atoms with E-state index in [0.717, 1.165) is 22.3 Å². The third-order valence-corrected chi connectivity index (χ3v) is 1.54. The van der Waals surface area contributed by atoms with Gasteiger partial charge in [0.15, 0.2) is 3.77 Å². The van der Waals surface area contributed by atoms with Crippen molar-refractivity contribution in [1.29, 1.82) is 0 Å². The molecule has 0 amide bonds. The molecule has 0 bridgehead atoms. The summed E-state index contributed by atoms with van der Waals surface area (Å²) in [4.78, 5) is 0. The van der Waals surface area contributed by atoms with Crippen LogP contribution in [-0.4, -0.2) is 5.16 Å². The fourth-order valence-corrected chi connectivity index (χ4v) is 1.12. The summed E-state index contributed by atoms with van der Waals surface area (Å²) in [6.45, 7) is 2.13. The van der Waals surface area contributed by atoms with Gasteiger partial charge in [-0.05, 0) is 6.42 Å². The molecular weight excluding hydrogens is 229 g/mol. The van der Waals surface area contributed by atoms with Crippen molar-refractivity contribution < 1.29 is 4.52 Å². The zero-order valence-electron chi connectivity index (χ0n) is 5.22. The van der Waals surface area contributed by atoms with Crippen molar-refractivity contribution in [1.82, 2.24) is 5.16 Å². The molecule has 2 nitrogen and oxygen atoms in total. The zero-order chi connectivity index (χ0) is 6.69. The van der Waals surface area contributed by atoms with Crippen LogP contribution in [0.1, 0.15) is 19.0 Å². The average Bonchev–Trinajstić information content (AvgIpc) is 2.17. The minimum Gasteiger partial charge on any atom is -0.350 e. The number of halogens is 1. The van der Waals surface area contributed by atoms with Crippen LogP contribution in [0.4, 0.5) is 0 Å². The van der Waals surface area contributed by atoms with Gasteiger partial charge in [0.25, 0.3) is 0 Å². The Morgan fingerprint density at radius 2 is 2.56 bits per heavy atom. The van der Waals surface area contributed by atoms with Gasteiger partial charge < -0.3 is 4.52 Å². The fourth-order valence-electron chi connectivity index (χ4n) is 0.660. The average molecular weight is 237 g/mol. The van der Waals surface area contributed by atoms with E-state index in [4.69, 9.17) is 4.52 Å². The fraction of sp³-hybridized carbons (Fsp3) is 0.500. The molecule has 0 atom stereocenters. The zero-order valence-corrected chi connectivity index (χ0v) is 7.38. The Bertz CT molecular complexity index is 185. The monoisotopic (exact) mass is 237 g/mol. The minimum atomic E-state index is 0.871. The van der Waals surface area contributed by atoms with Crippen LogP contribution in [0.2, 0.25) is 0 Å². The Hall–Kier alpha value is -0.0600. The Kier molecular flexibility index (Phi) is 2.50. The number of aromatic nitrogens is 1. The SMILES string of the molecule is CCCc1cc(I)on1. The first-order valence-corrected chi connectivity index (χ1v) is 4.02. The molecule has 0 aliphatic rings. The molecule has 0 N–H and O–H groups in total. The van der Waals surface area contributed by atoms with Crippen LogP contribution >= 0.6 is 22.6 Å². The normalized spacial score (nSPS) is 10.0. The van der Waals surface area contributed by atoms with Crippen LogP contribution in [0.5, 0.6) is 0 Å². The van der Waals surface area contributed by atoms with Gasteiger partial charge >= 0.3 is 0 Å². The quantitative estimate of drug-likeness (QED) is 0.737. The number of rotatable bonds is 2. The second-order valence-electron chi connectivity index (χ2n) is 1.87. The Morgan fingerprint density at radius 1 is 1.78 bits per heavy atom. The van der Waals surface area contributed by atoms with E-state index in [1.807, 2.05) is 6.07 Å². The Labute approximate surface area is 67.8 Å². The summed E-state index contributed by atoms with van der Waals surface area (Å²) in [5.74, 6) is 0. The maximum absolute atomic E-state index is 4.85. The summed E-state index contributed by atoms with van der Waals surface area (Å²) >= 11 is 2.11. The summed E-state index contributed by atoms with van der Waals surface area (Å²) in [5, 5.41) is 3.82. The maximum Gasteiger partial charge on any atom is 0.196 e. The predicted octanol–water partition coefficient (Wildman–Crippen LogP) is 2.23. The molecular formula is C6H8INO. The number of nitrogens with zero attached hydrogens (tertiary/aromatic N) is 1. The third-order valence-electron chi connectivity index (χ3n) is 1.04. The lowest BCUT2D eigenvalue weighted by Crippen LogP contribution is -1.79. The molecule has 0 aliphatic carbocycles. The lowest BCUT2D eigenvalue weighted by molar-refractivity contribution is 0.390. The first kappa shape index (κ1) is 7.05. The van der Waals surface area contributed by atoms with Crippen molar-refractivity contribution in [2.75, 3.05) is 0 Å². The van der Waals surface area contributed by atoms with Crippen LogP contribution in [0.25, 0.3) is 0 Å². The topological polar surface area (TPSA) is 26.0 Å². The van der Waals surface area contributed by atoms with Crippen molar-refractivity contribution in [2.45, 2.75) is 19.8 Å². The second kappa shape index (κ2) is 3.20. The molecule has 1 aromatic heterocycles. The summed E-state index contributed by atoms with van der Waals surface area (Å²) in [6, 6.07) is 1.96. The van der Waals surface area contributed by atoms with Crippen molar-refractivity contribution >= 4 is 22.6 Å². The largest absolute Gasteiger partial charge is 0.350 e. The third kappa shape index (κ3) is 1.97. The van der Waals surface area contributed by atoms with Gasteiger partial charge in [0, 0.05) is 28.7 Å². The van der Waals surface area contributed by atoms with Crippen molar-refractivity contribution in [3.05, 3.63) is 15.5 Å². The first-order chi connectivity index (χ1) is 4.33. The van der Waals surface area contributed by atoms with Gasteiger partial charge in [0.05, 0.1) is 5.69 Å². The van der Waals surface area contributed by atoms with E-state index in [2.05, 4.69) is 34.7 Å². The van der Waals surface area contributed by atoms with E-state index >= 15 is 0 Å². The highest BCUT2D eigenvalue weighted by molar-refractivity contribution is 14.1. The molecule has 0 aliphatic heterocycles. The highest BCUT2D eigenvalue weighted by Gasteiger charge is 1.97. The van der Waals surface area contributed by atoms with Crippen LogP contribution in [-0.2, 0) is 6.42 Å². The van der Waals surface area contributed by atoms with Crippen molar-refractivity contribution in [3.8, 4) is 0 Å². The molecule has 0 unspecified atom stereocenters. The summed E-state index contributed by atoms with van der Waals surface area (Å²) in [6.07, 6.45) is 2.15. The molecule has 50 valence electrons. The highest BCUT2D eigenvalue weighted by Crippen LogP contribution is 2.07. The Balaban J connectivity index is 2.61. The number of aryl methyl sites for hydroxylation is 1. The summed E-state index contributed by atoms with van der Waals surface area (Å²) in [7, 11) is 0. The molecule has 0 radical (unpaired) electrons. The second-order valence-corrected chi connectivity index (χ2v) is 2.94. The van der Waals surface area contributed by atoms with Gasteiger partial charge in [-0.1, -0.05) is 18.5 Å².